The van der Waals surface area contributed by atoms with Crippen molar-refractivity contribution in [2.45, 2.75) is 38.2 Å². The van der Waals surface area contributed by atoms with E-state index in [1.807, 2.05) is 18.2 Å². The van der Waals surface area contributed by atoms with Gasteiger partial charge in [0.2, 0.25) is 0 Å². The minimum Gasteiger partial charge on any atom is -0.376 e. The third kappa shape index (κ3) is 6.02. The highest BCUT2D eigenvalue weighted by atomic mass is 16.5. The van der Waals surface area contributed by atoms with Gasteiger partial charge in [-0.05, 0) is 74.6 Å². The van der Waals surface area contributed by atoms with Crippen LogP contribution in [0.1, 0.15) is 48.0 Å². The van der Waals surface area contributed by atoms with Crippen molar-refractivity contribution in [2.75, 3.05) is 41.8 Å². The van der Waals surface area contributed by atoms with Crippen molar-refractivity contribution in [3.05, 3.63) is 53.6 Å². The summed E-state index contributed by atoms with van der Waals surface area (Å²) in [5, 5.41) is 17.5. The van der Waals surface area contributed by atoms with Gasteiger partial charge in [-0.25, -0.2) is 4.79 Å². The topological polar surface area (TPSA) is 106 Å². The van der Waals surface area contributed by atoms with E-state index in [4.69, 9.17) is 10.00 Å². The van der Waals surface area contributed by atoms with Gasteiger partial charge in [-0.3, -0.25) is 4.79 Å². The van der Waals surface area contributed by atoms with Crippen LogP contribution >= 0.6 is 0 Å². The first-order chi connectivity index (χ1) is 16.1. The number of hydrogen-bond donors (Lipinski definition) is 3. The average Bonchev–Trinajstić information content (AvgIpc) is 3.37. The van der Waals surface area contributed by atoms with Crippen molar-refractivity contribution in [2.24, 2.45) is 0 Å². The predicted octanol–water partition coefficient (Wildman–Crippen LogP) is 4.10. The van der Waals surface area contributed by atoms with Crippen LogP contribution in [0, 0.1) is 11.3 Å². The number of anilines is 3. The van der Waals surface area contributed by atoms with E-state index in [9.17, 15) is 9.59 Å². The third-order valence-electron chi connectivity index (χ3n) is 5.98. The summed E-state index contributed by atoms with van der Waals surface area (Å²) in [6.07, 6.45) is 5.44. The molecule has 0 aliphatic carbocycles. The highest BCUT2D eigenvalue weighted by Gasteiger charge is 2.22. The van der Waals surface area contributed by atoms with E-state index in [-0.39, 0.29) is 12.0 Å². The molecule has 1 unspecified atom stereocenters. The number of carbonyl (C=O) groups is 2. The number of nitrogens with one attached hydrogen (secondary N) is 3. The molecule has 2 aliphatic heterocycles. The lowest BCUT2D eigenvalue weighted by molar-refractivity contribution is 0.0858. The van der Waals surface area contributed by atoms with E-state index in [2.05, 4.69) is 20.9 Å². The maximum Gasteiger partial charge on any atom is 0.323 e. The fourth-order valence-corrected chi connectivity index (χ4v) is 4.23. The van der Waals surface area contributed by atoms with E-state index < -0.39 is 6.03 Å². The number of piperidine rings is 1. The van der Waals surface area contributed by atoms with Crippen LogP contribution in [0.3, 0.4) is 0 Å². The second-order valence-corrected chi connectivity index (χ2v) is 8.39. The van der Waals surface area contributed by atoms with E-state index in [0.29, 0.717) is 29.0 Å². The lowest BCUT2D eigenvalue weighted by Crippen LogP contribution is -2.35. The number of hydrogen-bond acceptors (Lipinski definition) is 5. The smallest absolute Gasteiger partial charge is 0.323 e. The molecule has 4 rings (SSSR count). The third-order valence-corrected chi connectivity index (χ3v) is 5.98. The normalized spacial score (nSPS) is 17.8. The quantitative estimate of drug-likeness (QED) is 0.618. The molecule has 2 aromatic carbocycles. The molecule has 2 aliphatic rings. The van der Waals surface area contributed by atoms with Crippen molar-refractivity contribution in [3.63, 3.8) is 0 Å². The van der Waals surface area contributed by atoms with Gasteiger partial charge in [0.25, 0.3) is 5.91 Å². The Labute approximate surface area is 193 Å². The number of carbonyl (C=O) groups excluding carboxylic acids is 2. The first-order valence-electron chi connectivity index (χ1n) is 11.5. The molecule has 0 saturated carbocycles. The van der Waals surface area contributed by atoms with Crippen molar-refractivity contribution in [1.29, 1.82) is 5.26 Å². The molecule has 3 N–H and O–H groups in total. The van der Waals surface area contributed by atoms with E-state index in [1.54, 1.807) is 30.3 Å². The summed E-state index contributed by atoms with van der Waals surface area (Å²) in [5.41, 5.74) is 3.06. The van der Waals surface area contributed by atoms with Gasteiger partial charge in [-0.1, -0.05) is 0 Å². The van der Waals surface area contributed by atoms with Crippen LogP contribution in [0.25, 0.3) is 0 Å². The van der Waals surface area contributed by atoms with Crippen LogP contribution < -0.4 is 20.9 Å². The SMILES string of the molecule is N#Cc1ccc(NC(=O)Nc2ccc(N3CCCCC3)c(C(=O)NCC3CCCO3)c2)cc1. The Kier molecular flexibility index (Phi) is 7.43. The molecule has 2 aromatic rings. The fraction of sp³-hybridized carbons (Fsp3) is 0.400. The molecule has 2 saturated heterocycles. The molecular weight excluding hydrogens is 418 g/mol. The Balaban J connectivity index is 1.47. The summed E-state index contributed by atoms with van der Waals surface area (Å²) >= 11 is 0. The zero-order valence-corrected chi connectivity index (χ0v) is 18.6. The summed E-state index contributed by atoms with van der Waals surface area (Å²) in [6, 6.07) is 13.7. The van der Waals surface area contributed by atoms with Crippen LogP contribution in [-0.2, 0) is 4.74 Å². The first kappa shape index (κ1) is 22.6. The standard InChI is InChI=1S/C25H29N5O3/c26-16-18-6-8-19(9-7-18)28-25(32)29-20-10-11-23(30-12-2-1-3-13-30)22(15-20)24(31)27-17-21-5-4-14-33-21/h6-11,15,21H,1-5,12-14,17H2,(H,27,31)(H2,28,29,32). The van der Waals surface area contributed by atoms with E-state index in [0.717, 1.165) is 51.1 Å². The van der Waals surface area contributed by atoms with Crippen LogP contribution in [0.15, 0.2) is 42.5 Å². The maximum absolute atomic E-state index is 13.1. The number of benzene rings is 2. The second kappa shape index (κ2) is 10.8. The van der Waals surface area contributed by atoms with Gasteiger partial charge < -0.3 is 25.6 Å². The summed E-state index contributed by atoms with van der Waals surface area (Å²) in [6.45, 7) is 3.05. The van der Waals surface area contributed by atoms with Gasteiger partial charge in [0.1, 0.15) is 0 Å². The van der Waals surface area contributed by atoms with Crippen molar-refractivity contribution in [3.8, 4) is 6.07 Å². The van der Waals surface area contributed by atoms with Crippen LogP contribution in [0.4, 0.5) is 21.9 Å². The average molecular weight is 448 g/mol. The van der Waals surface area contributed by atoms with Crippen LogP contribution in [-0.4, -0.2) is 44.3 Å². The van der Waals surface area contributed by atoms with Crippen LogP contribution in [0.5, 0.6) is 0 Å². The zero-order valence-electron chi connectivity index (χ0n) is 18.6. The Hall–Kier alpha value is -3.57. The molecule has 1 atom stereocenters. The molecule has 8 nitrogen and oxygen atoms in total. The zero-order chi connectivity index (χ0) is 23.0. The van der Waals surface area contributed by atoms with Gasteiger partial charge in [0, 0.05) is 43.3 Å². The minimum absolute atomic E-state index is 0.0619. The molecule has 2 heterocycles. The van der Waals surface area contributed by atoms with Gasteiger partial charge in [0.15, 0.2) is 0 Å². The summed E-state index contributed by atoms with van der Waals surface area (Å²) in [5.74, 6) is -0.165. The minimum atomic E-state index is -0.420. The number of rotatable bonds is 6. The fourth-order valence-electron chi connectivity index (χ4n) is 4.23. The summed E-state index contributed by atoms with van der Waals surface area (Å²) in [7, 11) is 0. The molecule has 3 amide bonds. The first-order valence-corrected chi connectivity index (χ1v) is 11.5. The second-order valence-electron chi connectivity index (χ2n) is 8.39. The highest BCUT2D eigenvalue weighted by molar-refractivity contribution is 6.04. The van der Waals surface area contributed by atoms with Crippen LogP contribution in [0.2, 0.25) is 0 Å². The number of nitriles is 1. The van der Waals surface area contributed by atoms with Gasteiger partial charge in [-0.15, -0.1) is 0 Å². The number of nitrogens with zero attached hydrogens (tertiary/aromatic N) is 2. The van der Waals surface area contributed by atoms with Gasteiger partial charge >= 0.3 is 6.03 Å². The highest BCUT2D eigenvalue weighted by Crippen LogP contribution is 2.27. The lowest BCUT2D eigenvalue weighted by atomic mass is 10.1. The number of urea groups is 1. The van der Waals surface area contributed by atoms with Gasteiger partial charge in [-0.2, -0.15) is 5.26 Å². The van der Waals surface area contributed by atoms with E-state index in [1.165, 1.54) is 6.42 Å². The Morgan fingerprint density at radius 1 is 1.00 bits per heavy atom. The molecule has 33 heavy (non-hydrogen) atoms. The Morgan fingerprint density at radius 3 is 2.42 bits per heavy atom. The maximum atomic E-state index is 13.1. The molecule has 2 fully saturated rings. The van der Waals surface area contributed by atoms with Crippen molar-refractivity contribution >= 4 is 29.0 Å². The monoisotopic (exact) mass is 447 g/mol. The molecular formula is C25H29N5O3. The summed E-state index contributed by atoms with van der Waals surface area (Å²) in [4.78, 5) is 27.8. The Morgan fingerprint density at radius 2 is 1.73 bits per heavy atom. The summed E-state index contributed by atoms with van der Waals surface area (Å²) < 4.78 is 5.63. The molecule has 0 spiro atoms. The van der Waals surface area contributed by atoms with E-state index >= 15 is 0 Å². The Bertz CT molecular complexity index is 1020. The van der Waals surface area contributed by atoms with Crippen molar-refractivity contribution < 1.29 is 14.3 Å². The molecule has 0 aromatic heterocycles. The molecule has 0 bridgehead atoms. The molecule has 8 heteroatoms. The van der Waals surface area contributed by atoms with Gasteiger partial charge in [0.05, 0.1) is 23.3 Å². The van der Waals surface area contributed by atoms with Crippen molar-refractivity contribution in [1.82, 2.24) is 5.32 Å². The number of amides is 3. The molecule has 0 radical (unpaired) electrons. The largest absolute Gasteiger partial charge is 0.376 e. The molecule has 172 valence electrons. The lowest BCUT2D eigenvalue weighted by Gasteiger charge is -2.30. The number of ether oxygens (including phenoxy) is 1. The predicted molar refractivity (Wildman–Crippen MR) is 128 cm³/mol.